The minimum Gasteiger partial charge on any atom is -0.480 e. The summed E-state index contributed by atoms with van der Waals surface area (Å²) in [5.74, 6) is 0.689. The summed E-state index contributed by atoms with van der Waals surface area (Å²) in [6.45, 7) is 7.09. The van der Waals surface area contributed by atoms with Crippen molar-refractivity contribution in [1.82, 2.24) is 4.90 Å². The molecule has 0 saturated heterocycles. The molecule has 4 heteroatoms. The van der Waals surface area contributed by atoms with Gasteiger partial charge in [0.2, 0.25) is 0 Å². The Labute approximate surface area is 125 Å². The van der Waals surface area contributed by atoms with Crippen LogP contribution in [0.1, 0.15) is 20.8 Å². The van der Waals surface area contributed by atoms with Crippen LogP contribution in [-0.2, 0) is 4.79 Å². The molecular formula is C17H22N2O2. The number of hydrogen-bond acceptors (Lipinski definition) is 3. The van der Waals surface area contributed by atoms with E-state index in [1.807, 2.05) is 50.2 Å². The van der Waals surface area contributed by atoms with Crippen molar-refractivity contribution in [3.63, 3.8) is 0 Å². The standard InChI is InChI=1S/C17H22N2O2/c1-4-19(5-2)17(20)12(3)21-16-11-10-15(18)13-8-6-7-9-14(13)16/h6-12H,4-5,18H2,1-3H3. The van der Waals surface area contributed by atoms with E-state index in [0.717, 1.165) is 10.8 Å². The second-order valence-electron chi connectivity index (χ2n) is 4.97. The van der Waals surface area contributed by atoms with E-state index in [0.29, 0.717) is 24.5 Å². The predicted molar refractivity (Wildman–Crippen MR) is 86.4 cm³/mol. The second-order valence-corrected chi connectivity index (χ2v) is 4.97. The second kappa shape index (κ2) is 6.48. The van der Waals surface area contributed by atoms with E-state index in [4.69, 9.17) is 10.5 Å². The summed E-state index contributed by atoms with van der Waals surface area (Å²) in [4.78, 5) is 14.1. The average molecular weight is 286 g/mol. The number of nitrogen functional groups attached to an aromatic ring is 1. The highest BCUT2D eigenvalue weighted by Gasteiger charge is 2.20. The molecule has 0 saturated carbocycles. The zero-order valence-electron chi connectivity index (χ0n) is 12.8. The van der Waals surface area contributed by atoms with Crippen molar-refractivity contribution in [1.29, 1.82) is 0 Å². The number of ether oxygens (including phenoxy) is 1. The lowest BCUT2D eigenvalue weighted by Crippen LogP contribution is -2.40. The van der Waals surface area contributed by atoms with Crippen molar-refractivity contribution in [2.75, 3.05) is 18.8 Å². The Kier molecular flexibility index (Phi) is 4.68. The summed E-state index contributed by atoms with van der Waals surface area (Å²) in [7, 11) is 0. The van der Waals surface area contributed by atoms with Crippen molar-refractivity contribution in [2.45, 2.75) is 26.9 Å². The molecule has 0 aliphatic heterocycles. The number of fused-ring (bicyclic) bond motifs is 1. The summed E-state index contributed by atoms with van der Waals surface area (Å²) < 4.78 is 5.88. The van der Waals surface area contributed by atoms with E-state index in [-0.39, 0.29) is 5.91 Å². The summed E-state index contributed by atoms with van der Waals surface area (Å²) in [6, 6.07) is 11.4. The van der Waals surface area contributed by atoms with Crippen molar-refractivity contribution in [3.8, 4) is 5.75 Å². The van der Waals surface area contributed by atoms with Crippen LogP contribution in [0.3, 0.4) is 0 Å². The molecule has 21 heavy (non-hydrogen) atoms. The van der Waals surface area contributed by atoms with Crippen LogP contribution >= 0.6 is 0 Å². The maximum atomic E-state index is 12.3. The molecule has 1 amide bonds. The van der Waals surface area contributed by atoms with Crippen LogP contribution in [0.15, 0.2) is 36.4 Å². The smallest absolute Gasteiger partial charge is 0.263 e. The topological polar surface area (TPSA) is 55.6 Å². The molecule has 2 aromatic carbocycles. The first-order valence-corrected chi connectivity index (χ1v) is 7.31. The number of likely N-dealkylation sites (N-methyl/N-ethyl adjacent to an activating group) is 1. The van der Waals surface area contributed by atoms with E-state index < -0.39 is 6.10 Å². The molecule has 0 bridgehead atoms. The van der Waals surface area contributed by atoms with Crippen molar-refractivity contribution < 1.29 is 9.53 Å². The molecule has 4 nitrogen and oxygen atoms in total. The van der Waals surface area contributed by atoms with Crippen molar-refractivity contribution >= 4 is 22.4 Å². The Hall–Kier alpha value is -2.23. The van der Waals surface area contributed by atoms with Crippen LogP contribution in [0, 0.1) is 0 Å². The summed E-state index contributed by atoms with van der Waals surface area (Å²) in [6.07, 6.45) is -0.517. The molecule has 0 aliphatic rings. The molecule has 2 N–H and O–H groups in total. The summed E-state index contributed by atoms with van der Waals surface area (Å²) in [5, 5.41) is 1.87. The zero-order valence-corrected chi connectivity index (χ0v) is 12.8. The maximum Gasteiger partial charge on any atom is 0.263 e. The molecular weight excluding hydrogens is 264 g/mol. The predicted octanol–water partition coefficient (Wildman–Crippen LogP) is 3.06. The number of anilines is 1. The monoisotopic (exact) mass is 286 g/mol. The van der Waals surface area contributed by atoms with Gasteiger partial charge in [-0.2, -0.15) is 0 Å². The van der Waals surface area contributed by atoms with E-state index in [2.05, 4.69) is 0 Å². The Morgan fingerprint density at radius 3 is 2.38 bits per heavy atom. The minimum atomic E-state index is -0.517. The quantitative estimate of drug-likeness (QED) is 0.859. The molecule has 2 aromatic rings. The highest BCUT2D eigenvalue weighted by atomic mass is 16.5. The fraction of sp³-hybridized carbons (Fsp3) is 0.353. The number of carbonyl (C=O) groups excluding carboxylic acids is 1. The van der Waals surface area contributed by atoms with Crippen molar-refractivity contribution in [2.24, 2.45) is 0 Å². The SMILES string of the molecule is CCN(CC)C(=O)C(C)Oc1ccc(N)c2ccccc12. The number of amides is 1. The number of hydrogen-bond donors (Lipinski definition) is 1. The van der Waals surface area contributed by atoms with Crippen LogP contribution in [0.4, 0.5) is 5.69 Å². The molecule has 1 unspecified atom stereocenters. The van der Waals surface area contributed by atoms with Gasteiger partial charge in [0, 0.05) is 29.5 Å². The largest absolute Gasteiger partial charge is 0.480 e. The number of rotatable bonds is 5. The van der Waals surface area contributed by atoms with Gasteiger partial charge in [-0.25, -0.2) is 0 Å². The van der Waals surface area contributed by atoms with Gasteiger partial charge in [-0.1, -0.05) is 24.3 Å². The Balaban J connectivity index is 2.28. The van der Waals surface area contributed by atoms with Gasteiger partial charge in [0.05, 0.1) is 0 Å². The van der Waals surface area contributed by atoms with Crippen LogP contribution in [-0.4, -0.2) is 30.0 Å². The Morgan fingerprint density at radius 2 is 1.76 bits per heavy atom. The molecule has 0 radical (unpaired) electrons. The Bertz CT molecular complexity index is 636. The highest BCUT2D eigenvalue weighted by molar-refractivity contribution is 5.97. The molecule has 112 valence electrons. The highest BCUT2D eigenvalue weighted by Crippen LogP contribution is 2.30. The van der Waals surface area contributed by atoms with Gasteiger partial charge in [-0.3, -0.25) is 4.79 Å². The van der Waals surface area contributed by atoms with Gasteiger partial charge in [0.1, 0.15) is 5.75 Å². The normalized spacial score (nSPS) is 12.1. The number of nitrogens with zero attached hydrogens (tertiary/aromatic N) is 1. The fourth-order valence-corrected chi connectivity index (χ4v) is 2.43. The van der Waals surface area contributed by atoms with Gasteiger partial charge in [0.25, 0.3) is 5.91 Å². The third-order valence-corrected chi connectivity index (χ3v) is 3.64. The molecule has 2 rings (SSSR count). The first-order valence-electron chi connectivity index (χ1n) is 7.31. The van der Waals surface area contributed by atoms with Crippen LogP contribution < -0.4 is 10.5 Å². The number of benzene rings is 2. The third kappa shape index (κ3) is 3.10. The molecule has 0 aliphatic carbocycles. The van der Waals surface area contributed by atoms with Crippen LogP contribution in [0.25, 0.3) is 10.8 Å². The first kappa shape index (κ1) is 15.2. The van der Waals surface area contributed by atoms with E-state index in [1.54, 1.807) is 11.8 Å². The lowest BCUT2D eigenvalue weighted by molar-refractivity contribution is -0.137. The fourth-order valence-electron chi connectivity index (χ4n) is 2.43. The zero-order chi connectivity index (χ0) is 15.4. The molecule has 0 aromatic heterocycles. The lowest BCUT2D eigenvalue weighted by Gasteiger charge is -2.24. The van der Waals surface area contributed by atoms with Crippen molar-refractivity contribution in [3.05, 3.63) is 36.4 Å². The molecule has 0 heterocycles. The number of carbonyl (C=O) groups is 1. The molecule has 1 atom stereocenters. The molecule has 0 spiro atoms. The summed E-state index contributed by atoms with van der Waals surface area (Å²) >= 11 is 0. The maximum absolute atomic E-state index is 12.3. The van der Waals surface area contributed by atoms with Gasteiger partial charge in [-0.05, 0) is 32.9 Å². The van der Waals surface area contributed by atoms with Gasteiger partial charge >= 0.3 is 0 Å². The average Bonchev–Trinajstić information content (AvgIpc) is 2.51. The van der Waals surface area contributed by atoms with Crippen LogP contribution in [0.5, 0.6) is 5.75 Å². The van der Waals surface area contributed by atoms with Gasteiger partial charge < -0.3 is 15.4 Å². The van der Waals surface area contributed by atoms with Gasteiger partial charge in [0.15, 0.2) is 6.10 Å². The van der Waals surface area contributed by atoms with E-state index >= 15 is 0 Å². The minimum absolute atomic E-state index is 0.000839. The van der Waals surface area contributed by atoms with Crippen LogP contribution in [0.2, 0.25) is 0 Å². The van der Waals surface area contributed by atoms with E-state index in [1.165, 1.54) is 0 Å². The lowest BCUT2D eigenvalue weighted by atomic mass is 10.1. The van der Waals surface area contributed by atoms with Gasteiger partial charge in [-0.15, -0.1) is 0 Å². The molecule has 0 fully saturated rings. The first-order chi connectivity index (χ1) is 10.1. The third-order valence-electron chi connectivity index (χ3n) is 3.64. The Morgan fingerprint density at radius 1 is 1.14 bits per heavy atom. The van der Waals surface area contributed by atoms with E-state index in [9.17, 15) is 4.79 Å². The number of nitrogens with two attached hydrogens (primary N) is 1. The summed E-state index contributed by atoms with van der Waals surface area (Å²) in [5.41, 5.74) is 6.69.